The van der Waals surface area contributed by atoms with E-state index in [2.05, 4.69) is 0 Å². The molecule has 0 atom stereocenters. The number of hydrogen-bond acceptors (Lipinski definition) is 2. The third kappa shape index (κ3) is 2.45. The van der Waals surface area contributed by atoms with Gasteiger partial charge in [0.15, 0.2) is 5.78 Å². The highest BCUT2D eigenvalue weighted by Gasteiger charge is 2.16. The van der Waals surface area contributed by atoms with Crippen molar-refractivity contribution in [3.8, 4) is 0 Å². The van der Waals surface area contributed by atoms with Crippen molar-refractivity contribution < 1.29 is 13.6 Å². The highest BCUT2D eigenvalue weighted by atomic mass is 19.1. The molecule has 0 saturated carbocycles. The quantitative estimate of drug-likeness (QED) is 0.779. The average Bonchev–Trinajstić information content (AvgIpc) is 2.34. The molecule has 1 aromatic heterocycles. The highest BCUT2D eigenvalue weighted by Crippen LogP contribution is 2.12. The summed E-state index contributed by atoms with van der Waals surface area (Å²) < 4.78 is 27.5. The third-order valence-electron chi connectivity index (χ3n) is 2.92. The Labute approximate surface area is 108 Å². The van der Waals surface area contributed by atoms with E-state index in [1.54, 1.807) is 13.0 Å². The summed E-state index contributed by atoms with van der Waals surface area (Å²) in [5, 5.41) is 0. The van der Waals surface area contributed by atoms with Crippen LogP contribution in [-0.4, -0.2) is 10.4 Å². The van der Waals surface area contributed by atoms with E-state index in [-0.39, 0.29) is 11.1 Å². The molecule has 1 heterocycles. The van der Waals surface area contributed by atoms with Gasteiger partial charge in [0.1, 0.15) is 11.6 Å². The number of benzene rings is 1. The van der Waals surface area contributed by atoms with E-state index in [4.69, 9.17) is 0 Å². The summed E-state index contributed by atoms with van der Waals surface area (Å²) in [6.45, 7) is 1.72. The zero-order chi connectivity index (χ0) is 14.2. The van der Waals surface area contributed by atoms with Crippen LogP contribution < -0.4 is 5.56 Å². The van der Waals surface area contributed by atoms with E-state index in [0.717, 1.165) is 12.1 Å². The second-order valence-corrected chi connectivity index (χ2v) is 4.24. The molecule has 1 aromatic carbocycles. The molecule has 0 radical (unpaired) electrons. The predicted molar refractivity (Wildman–Crippen MR) is 66.2 cm³/mol. The van der Waals surface area contributed by atoms with Gasteiger partial charge in [-0.25, -0.2) is 8.78 Å². The minimum atomic E-state index is -0.854. The summed E-state index contributed by atoms with van der Waals surface area (Å²) in [5.41, 5.74) is -0.0989. The number of nitrogens with zero attached hydrogens (tertiary/aromatic N) is 1. The minimum Gasteiger partial charge on any atom is -0.315 e. The Hall–Kier alpha value is -2.30. The first kappa shape index (κ1) is 13.1. The Morgan fingerprint density at radius 1 is 1.11 bits per heavy atom. The first-order valence-electron chi connectivity index (χ1n) is 5.57. The van der Waals surface area contributed by atoms with Gasteiger partial charge in [0.25, 0.3) is 5.56 Å². The molecule has 3 nitrogen and oxygen atoms in total. The lowest BCUT2D eigenvalue weighted by molar-refractivity contribution is 0.103. The number of hydrogen-bond donors (Lipinski definition) is 0. The van der Waals surface area contributed by atoms with E-state index in [9.17, 15) is 18.4 Å². The number of ketones is 1. The van der Waals surface area contributed by atoms with Crippen LogP contribution in [0.5, 0.6) is 0 Å². The van der Waals surface area contributed by atoms with Crippen LogP contribution in [0.2, 0.25) is 0 Å². The van der Waals surface area contributed by atoms with Crippen molar-refractivity contribution in [3.63, 3.8) is 0 Å². The van der Waals surface area contributed by atoms with Gasteiger partial charge < -0.3 is 4.57 Å². The Kier molecular flexibility index (Phi) is 3.29. The number of rotatable bonds is 2. The van der Waals surface area contributed by atoms with Gasteiger partial charge >= 0.3 is 0 Å². The van der Waals surface area contributed by atoms with Crippen molar-refractivity contribution in [2.75, 3.05) is 0 Å². The van der Waals surface area contributed by atoms with Crippen LogP contribution in [-0.2, 0) is 7.05 Å². The molecule has 19 heavy (non-hydrogen) atoms. The van der Waals surface area contributed by atoms with Crippen LogP contribution >= 0.6 is 0 Å². The van der Waals surface area contributed by atoms with E-state index in [1.165, 1.54) is 17.7 Å². The molecule has 0 amide bonds. The van der Waals surface area contributed by atoms with Gasteiger partial charge in [0, 0.05) is 24.4 Å². The van der Waals surface area contributed by atoms with Crippen molar-refractivity contribution in [2.45, 2.75) is 6.92 Å². The van der Waals surface area contributed by atoms with Gasteiger partial charge in [0.05, 0.1) is 5.56 Å². The van der Waals surface area contributed by atoms with Crippen LogP contribution in [0.25, 0.3) is 0 Å². The molecule has 0 fully saturated rings. The van der Waals surface area contributed by atoms with Gasteiger partial charge in [-0.05, 0) is 31.2 Å². The van der Waals surface area contributed by atoms with Gasteiger partial charge in [-0.3, -0.25) is 9.59 Å². The largest absolute Gasteiger partial charge is 0.315 e. The second-order valence-electron chi connectivity index (χ2n) is 4.24. The lowest BCUT2D eigenvalue weighted by atomic mass is 10.0. The van der Waals surface area contributed by atoms with Crippen LogP contribution in [0, 0.1) is 18.6 Å². The Bertz CT molecular complexity index is 700. The molecule has 0 aliphatic carbocycles. The molecule has 98 valence electrons. The molecule has 0 aliphatic heterocycles. The first-order valence-corrected chi connectivity index (χ1v) is 5.57. The Morgan fingerprint density at radius 3 is 2.26 bits per heavy atom. The van der Waals surface area contributed by atoms with Crippen LogP contribution in [0.4, 0.5) is 8.78 Å². The Morgan fingerprint density at radius 2 is 1.68 bits per heavy atom. The summed E-state index contributed by atoms with van der Waals surface area (Å²) in [4.78, 5) is 24.0. The van der Waals surface area contributed by atoms with Crippen molar-refractivity contribution in [2.24, 2.45) is 7.05 Å². The maximum atomic E-state index is 13.1. The number of aryl methyl sites for hydroxylation is 1. The molecular weight excluding hydrogens is 252 g/mol. The predicted octanol–water partition coefficient (Wildman–Crippen LogP) is 2.20. The van der Waals surface area contributed by atoms with Crippen molar-refractivity contribution in [3.05, 3.63) is 69.1 Å². The summed E-state index contributed by atoms with van der Waals surface area (Å²) in [7, 11) is 1.53. The molecular formula is C14H11F2NO2. The molecule has 0 saturated heterocycles. The molecule has 0 N–H and O–H groups in total. The van der Waals surface area contributed by atoms with E-state index >= 15 is 0 Å². The summed E-state index contributed by atoms with van der Waals surface area (Å²) >= 11 is 0. The number of halogens is 2. The molecule has 2 rings (SSSR count). The topological polar surface area (TPSA) is 39.1 Å². The molecule has 0 unspecified atom stereocenters. The van der Waals surface area contributed by atoms with Crippen molar-refractivity contribution in [1.29, 1.82) is 0 Å². The maximum absolute atomic E-state index is 13.1. The summed E-state index contributed by atoms with van der Waals surface area (Å²) in [6.07, 6.45) is 0. The molecule has 5 heteroatoms. The monoisotopic (exact) mass is 263 g/mol. The van der Waals surface area contributed by atoms with Crippen molar-refractivity contribution in [1.82, 2.24) is 4.57 Å². The van der Waals surface area contributed by atoms with E-state index in [0.29, 0.717) is 11.8 Å². The zero-order valence-corrected chi connectivity index (χ0v) is 10.4. The van der Waals surface area contributed by atoms with Crippen LogP contribution in [0.15, 0.2) is 35.1 Å². The van der Waals surface area contributed by atoms with Gasteiger partial charge in [-0.1, -0.05) is 0 Å². The Balaban J connectivity index is 2.56. The SMILES string of the molecule is Cc1ccc(C(=O)c2cc(F)cc(F)c2)c(=O)n1C. The molecule has 0 bridgehead atoms. The van der Waals surface area contributed by atoms with Crippen LogP contribution in [0.3, 0.4) is 0 Å². The zero-order valence-electron chi connectivity index (χ0n) is 10.4. The number of pyridine rings is 1. The fourth-order valence-corrected chi connectivity index (χ4v) is 1.74. The maximum Gasteiger partial charge on any atom is 0.261 e. The number of carbonyl (C=O) groups is 1. The minimum absolute atomic E-state index is 0.113. The standard InChI is InChI=1S/C14H11F2NO2/c1-8-3-4-12(14(19)17(8)2)13(18)9-5-10(15)7-11(16)6-9/h3-7H,1-2H3. The first-order chi connectivity index (χ1) is 8.90. The van der Waals surface area contributed by atoms with Gasteiger partial charge in [0.2, 0.25) is 0 Å². The normalized spacial score (nSPS) is 10.5. The second kappa shape index (κ2) is 4.76. The summed E-state index contributed by atoms with van der Waals surface area (Å²) in [5.74, 6) is -2.40. The smallest absolute Gasteiger partial charge is 0.261 e. The fraction of sp³-hybridized carbons (Fsp3) is 0.143. The van der Waals surface area contributed by atoms with Gasteiger partial charge in [-0.15, -0.1) is 0 Å². The molecule has 0 aliphatic rings. The van der Waals surface area contributed by atoms with E-state index in [1.807, 2.05) is 0 Å². The molecule has 0 spiro atoms. The third-order valence-corrected chi connectivity index (χ3v) is 2.92. The average molecular weight is 263 g/mol. The fourth-order valence-electron chi connectivity index (χ4n) is 1.74. The highest BCUT2D eigenvalue weighted by molar-refractivity contribution is 6.08. The lowest BCUT2D eigenvalue weighted by Crippen LogP contribution is -2.25. The summed E-state index contributed by atoms with van der Waals surface area (Å²) in [6, 6.07) is 5.45. The number of carbonyl (C=O) groups excluding carboxylic acids is 1. The lowest BCUT2D eigenvalue weighted by Gasteiger charge is -2.06. The molecule has 2 aromatic rings. The van der Waals surface area contributed by atoms with E-state index < -0.39 is 23.0 Å². The van der Waals surface area contributed by atoms with Gasteiger partial charge in [-0.2, -0.15) is 0 Å². The number of aromatic nitrogens is 1. The van der Waals surface area contributed by atoms with Crippen LogP contribution in [0.1, 0.15) is 21.6 Å². The van der Waals surface area contributed by atoms with Crippen molar-refractivity contribution >= 4 is 5.78 Å².